The average Bonchev–Trinajstić information content (AvgIpc) is 3.21. The Bertz CT molecular complexity index is 1740. The van der Waals surface area contributed by atoms with E-state index in [1.54, 1.807) is 42.5 Å². The lowest BCUT2D eigenvalue weighted by Gasteiger charge is -2.17. The van der Waals surface area contributed by atoms with Gasteiger partial charge < -0.3 is 4.74 Å². The maximum absolute atomic E-state index is 13.9. The van der Waals surface area contributed by atoms with E-state index in [4.69, 9.17) is 56.1 Å². The number of aryl methyl sites for hydroxylation is 2. The van der Waals surface area contributed by atoms with Crippen molar-refractivity contribution in [2.75, 3.05) is 4.90 Å². The molecule has 0 saturated carbocycles. The molecule has 0 aliphatic carbocycles. The molecule has 208 valence electrons. The molecule has 4 aromatic rings. The molecule has 5 rings (SSSR count). The number of ether oxygens (including phenoxy) is 1. The Kier molecular flexibility index (Phi) is 8.97. The molecule has 1 amide bonds. The van der Waals surface area contributed by atoms with Gasteiger partial charge in [-0.15, -0.1) is 0 Å². The van der Waals surface area contributed by atoms with E-state index < -0.39 is 0 Å². The number of carbonyl (C=O) groups excluding carboxylic acids is 1. The Balaban J connectivity index is 1.56. The van der Waals surface area contributed by atoms with Gasteiger partial charge in [-0.05, 0) is 96.9 Å². The first-order valence-electron chi connectivity index (χ1n) is 12.3. The molecule has 4 nitrogen and oxygen atoms in total. The number of aliphatic imine (C=N–C) groups is 1. The third kappa shape index (κ3) is 6.74. The van der Waals surface area contributed by atoms with Gasteiger partial charge in [-0.3, -0.25) is 9.69 Å². The summed E-state index contributed by atoms with van der Waals surface area (Å²) in [5, 5.41) is 2.11. The van der Waals surface area contributed by atoms with Crippen LogP contribution in [-0.4, -0.2) is 11.1 Å². The molecule has 0 aromatic heterocycles. The van der Waals surface area contributed by atoms with Gasteiger partial charge in [0.1, 0.15) is 18.2 Å². The summed E-state index contributed by atoms with van der Waals surface area (Å²) < 4.78 is 19.7. The van der Waals surface area contributed by atoms with Gasteiger partial charge >= 0.3 is 0 Å². The number of hydrogen-bond donors (Lipinski definition) is 0. The molecular weight excluding hydrogens is 625 g/mol. The Morgan fingerprint density at radius 2 is 1.63 bits per heavy atom. The van der Waals surface area contributed by atoms with Crippen LogP contribution in [0.3, 0.4) is 0 Å². The molecular formula is C31H21Cl4FN2O2S. The SMILES string of the molecule is Cc1ccc(N=C2S/C(=C/c3cc(Cl)cc(Cl)c3OCc3cccc(F)c3)C(=O)N2c2ccc(C)c(Cl)c2)cc1Cl. The molecule has 1 saturated heterocycles. The lowest BCUT2D eigenvalue weighted by atomic mass is 10.1. The van der Waals surface area contributed by atoms with Crippen LogP contribution in [0, 0.1) is 19.7 Å². The fourth-order valence-electron chi connectivity index (χ4n) is 4.02. The van der Waals surface area contributed by atoms with Gasteiger partial charge in [0.15, 0.2) is 5.17 Å². The lowest BCUT2D eigenvalue weighted by molar-refractivity contribution is -0.113. The highest BCUT2D eigenvalue weighted by Gasteiger charge is 2.35. The molecule has 10 heteroatoms. The molecule has 0 spiro atoms. The van der Waals surface area contributed by atoms with E-state index in [0.717, 1.165) is 11.1 Å². The maximum Gasteiger partial charge on any atom is 0.271 e. The minimum Gasteiger partial charge on any atom is -0.487 e. The highest BCUT2D eigenvalue weighted by molar-refractivity contribution is 8.19. The molecule has 1 aliphatic rings. The van der Waals surface area contributed by atoms with E-state index in [0.29, 0.717) is 53.4 Å². The molecule has 0 atom stereocenters. The number of thioether (sulfide) groups is 1. The number of benzene rings is 4. The summed E-state index contributed by atoms with van der Waals surface area (Å²) in [6.07, 6.45) is 1.65. The quantitative estimate of drug-likeness (QED) is 0.196. The topological polar surface area (TPSA) is 41.9 Å². The molecule has 1 aliphatic heterocycles. The van der Waals surface area contributed by atoms with Gasteiger partial charge in [-0.1, -0.05) is 70.7 Å². The van der Waals surface area contributed by atoms with E-state index in [1.165, 1.54) is 28.8 Å². The van der Waals surface area contributed by atoms with Crippen LogP contribution in [0.15, 0.2) is 82.7 Å². The van der Waals surface area contributed by atoms with Crippen molar-refractivity contribution in [3.8, 4) is 5.75 Å². The maximum atomic E-state index is 13.9. The van der Waals surface area contributed by atoms with Crippen molar-refractivity contribution in [1.82, 2.24) is 0 Å². The van der Waals surface area contributed by atoms with Crippen LogP contribution < -0.4 is 9.64 Å². The van der Waals surface area contributed by atoms with Crippen LogP contribution in [0.2, 0.25) is 20.1 Å². The Morgan fingerprint density at radius 3 is 2.34 bits per heavy atom. The fraction of sp³-hybridized carbons (Fsp3) is 0.0968. The van der Waals surface area contributed by atoms with Crippen molar-refractivity contribution in [3.63, 3.8) is 0 Å². The zero-order valence-electron chi connectivity index (χ0n) is 21.7. The van der Waals surface area contributed by atoms with Crippen LogP contribution in [-0.2, 0) is 11.4 Å². The molecule has 4 aromatic carbocycles. The number of halogens is 5. The van der Waals surface area contributed by atoms with Gasteiger partial charge in [0.2, 0.25) is 0 Å². The van der Waals surface area contributed by atoms with E-state index in [9.17, 15) is 9.18 Å². The van der Waals surface area contributed by atoms with E-state index in [2.05, 4.69) is 0 Å². The molecule has 0 bridgehead atoms. The lowest BCUT2D eigenvalue weighted by Crippen LogP contribution is -2.28. The standard InChI is InChI=1S/C31H21Cl4FN2O2S/c1-17-6-8-23(14-25(17)33)37-31-38(24-9-7-18(2)26(34)15-24)30(39)28(41-31)12-20-11-21(32)13-27(35)29(20)40-16-19-4-3-5-22(36)10-19/h3-15H,16H2,1-2H3/b28-12+,37-31?. The Labute approximate surface area is 261 Å². The summed E-state index contributed by atoms with van der Waals surface area (Å²) in [7, 11) is 0. The van der Waals surface area contributed by atoms with Gasteiger partial charge in [0.25, 0.3) is 5.91 Å². The molecule has 41 heavy (non-hydrogen) atoms. The third-order valence-corrected chi connectivity index (χ3v) is 8.48. The number of amides is 1. The van der Waals surface area contributed by atoms with Gasteiger partial charge in [0.05, 0.1) is 21.3 Å². The van der Waals surface area contributed by atoms with Crippen molar-refractivity contribution >= 4 is 86.7 Å². The van der Waals surface area contributed by atoms with E-state index in [1.807, 2.05) is 38.1 Å². The Morgan fingerprint density at radius 1 is 0.902 bits per heavy atom. The summed E-state index contributed by atoms with van der Waals surface area (Å²) in [5.74, 6) is -0.387. The van der Waals surface area contributed by atoms with E-state index in [-0.39, 0.29) is 23.4 Å². The van der Waals surface area contributed by atoms with Crippen LogP contribution in [0.5, 0.6) is 5.75 Å². The van der Waals surface area contributed by atoms with Gasteiger partial charge in [-0.25, -0.2) is 9.38 Å². The van der Waals surface area contributed by atoms with Crippen molar-refractivity contribution < 1.29 is 13.9 Å². The molecule has 0 unspecified atom stereocenters. The summed E-state index contributed by atoms with van der Waals surface area (Å²) >= 11 is 26.8. The predicted molar refractivity (Wildman–Crippen MR) is 170 cm³/mol. The summed E-state index contributed by atoms with van der Waals surface area (Å²) in [4.78, 5) is 20.5. The van der Waals surface area contributed by atoms with Gasteiger partial charge in [0, 0.05) is 20.6 Å². The molecule has 0 N–H and O–H groups in total. The number of rotatable bonds is 6. The van der Waals surface area contributed by atoms with Crippen molar-refractivity contribution in [1.29, 1.82) is 0 Å². The van der Waals surface area contributed by atoms with Crippen molar-refractivity contribution in [2.24, 2.45) is 4.99 Å². The average molecular weight is 646 g/mol. The minimum absolute atomic E-state index is 0.0608. The number of amidine groups is 1. The first-order valence-corrected chi connectivity index (χ1v) is 14.6. The largest absolute Gasteiger partial charge is 0.487 e. The minimum atomic E-state index is -0.374. The van der Waals surface area contributed by atoms with E-state index >= 15 is 0 Å². The monoisotopic (exact) mass is 644 g/mol. The second-order valence-corrected chi connectivity index (χ2v) is 11.9. The zero-order chi connectivity index (χ0) is 29.3. The predicted octanol–water partition coefficient (Wildman–Crippen LogP) is 10.4. The number of nitrogens with zero attached hydrogens (tertiary/aromatic N) is 2. The second-order valence-electron chi connectivity index (χ2n) is 9.24. The fourth-order valence-corrected chi connectivity index (χ4v) is 5.93. The van der Waals surface area contributed by atoms with Crippen LogP contribution in [0.4, 0.5) is 15.8 Å². The third-order valence-electron chi connectivity index (χ3n) is 6.20. The number of carbonyl (C=O) groups is 1. The number of anilines is 1. The highest BCUT2D eigenvalue weighted by Crippen LogP contribution is 2.41. The first-order chi connectivity index (χ1) is 19.6. The first kappa shape index (κ1) is 29.5. The summed E-state index contributed by atoms with van der Waals surface area (Å²) in [6.45, 7) is 3.85. The smallest absolute Gasteiger partial charge is 0.271 e. The number of hydrogen-bond acceptors (Lipinski definition) is 4. The second kappa shape index (κ2) is 12.5. The molecule has 1 heterocycles. The summed E-state index contributed by atoms with van der Waals surface area (Å²) in [5.41, 5.74) is 4.04. The van der Waals surface area contributed by atoms with Gasteiger partial charge in [-0.2, -0.15) is 0 Å². The molecule has 1 fully saturated rings. The molecule has 0 radical (unpaired) electrons. The zero-order valence-corrected chi connectivity index (χ0v) is 25.6. The van der Waals surface area contributed by atoms with Crippen molar-refractivity contribution in [2.45, 2.75) is 20.5 Å². The summed E-state index contributed by atoms with van der Waals surface area (Å²) in [6, 6.07) is 20.1. The highest BCUT2D eigenvalue weighted by atomic mass is 35.5. The Hall–Kier alpha value is -3.00. The van der Waals surface area contributed by atoms with Crippen LogP contribution in [0.25, 0.3) is 6.08 Å². The van der Waals surface area contributed by atoms with Crippen LogP contribution in [0.1, 0.15) is 22.3 Å². The van der Waals surface area contributed by atoms with Crippen LogP contribution >= 0.6 is 58.2 Å². The normalized spacial score (nSPS) is 15.3. The van der Waals surface area contributed by atoms with Crippen molar-refractivity contribution in [3.05, 3.63) is 126 Å².